The van der Waals surface area contributed by atoms with E-state index in [9.17, 15) is 5.26 Å². The zero-order chi connectivity index (χ0) is 17.2. The van der Waals surface area contributed by atoms with Crippen LogP contribution in [0.3, 0.4) is 0 Å². The molecule has 0 aliphatic rings. The summed E-state index contributed by atoms with van der Waals surface area (Å²) in [4.78, 5) is 4.37. The van der Waals surface area contributed by atoms with Gasteiger partial charge in [-0.05, 0) is 44.1 Å². The standard InChI is InChI=1S/C19H23N3O2/c1-15-8-9-17(14-20)19(22-15)24-18(10-12-21-11-5-13-23)16-6-3-2-4-7-16/h2-4,6-9,18,21,23H,5,10-13H2,1H3/t18-/m1/s1. The summed E-state index contributed by atoms with van der Waals surface area (Å²) in [6, 6.07) is 15.6. The summed E-state index contributed by atoms with van der Waals surface area (Å²) in [5.74, 6) is 0.377. The number of nitrogens with one attached hydrogen (secondary N) is 1. The van der Waals surface area contributed by atoms with Gasteiger partial charge in [-0.25, -0.2) is 4.98 Å². The molecule has 2 rings (SSSR count). The fraction of sp³-hybridized carbons (Fsp3) is 0.368. The Morgan fingerprint density at radius 1 is 1.21 bits per heavy atom. The Hall–Kier alpha value is -2.42. The molecule has 2 N–H and O–H groups in total. The Morgan fingerprint density at radius 2 is 2.00 bits per heavy atom. The van der Waals surface area contributed by atoms with E-state index < -0.39 is 0 Å². The summed E-state index contributed by atoms with van der Waals surface area (Å²) in [7, 11) is 0. The van der Waals surface area contributed by atoms with Gasteiger partial charge in [0.1, 0.15) is 17.7 Å². The maximum absolute atomic E-state index is 9.26. The van der Waals surface area contributed by atoms with Crippen LogP contribution in [0.1, 0.15) is 35.8 Å². The summed E-state index contributed by atoms with van der Waals surface area (Å²) in [6.45, 7) is 3.59. The third-order valence-corrected chi connectivity index (χ3v) is 3.64. The van der Waals surface area contributed by atoms with E-state index >= 15 is 0 Å². The van der Waals surface area contributed by atoms with E-state index in [0.717, 1.165) is 37.2 Å². The first kappa shape index (κ1) is 17.9. The Bertz CT molecular complexity index is 668. The van der Waals surface area contributed by atoms with Gasteiger partial charge in [0.2, 0.25) is 5.88 Å². The summed E-state index contributed by atoms with van der Waals surface area (Å²) in [5.41, 5.74) is 2.31. The first-order valence-corrected chi connectivity index (χ1v) is 8.15. The van der Waals surface area contributed by atoms with Gasteiger partial charge in [-0.1, -0.05) is 30.3 Å². The van der Waals surface area contributed by atoms with E-state index in [2.05, 4.69) is 16.4 Å². The molecular formula is C19H23N3O2. The highest BCUT2D eigenvalue weighted by atomic mass is 16.5. The number of aliphatic hydroxyl groups is 1. The van der Waals surface area contributed by atoms with Gasteiger partial charge in [-0.2, -0.15) is 5.26 Å². The van der Waals surface area contributed by atoms with Crippen LogP contribution in [-0.2, 0) is 0 Å². The smallest absolute Gasteiger partial charge is 0.232 e. The van der Waals surface area contributed by atoms with Crippen LogP contribution in [0.2, 0.25) is 0 Å². The van der Waals surface area contributed by atoms with Gasteiger partial charge in [-0.15, -0.1) is 0 Å². The molecule has 126 valence electrons. The number of aryl methyl sites for hydroxylation is 1. The molecule has 0 spiro atoms. The van der Waals surface area contributed by atoms with Crippen molar-refractivity contribution in [2.75, 3.05) is 19.7 Å². The molecular weight excluding hydrogens is 302 g/mol. The fourth-order valence-electron chi connectivity index (χ4n) is 2.37. The van der Waals surface area contributed by atoms with E-state index in [0.29, 0.717) is 11.4 Å². The molecule has 0 fully saturated rings. The molecule has 1 heterocycles. The van der Waals surface area contributed by atoms with E-state index in [-0.39, 0.29) is 12.7 Å². The second kappa shape index (κ2) is 9.66. The number of hydrogen-bond donors (Lipinski definition) is 2. The van der Waals surface area contributed by atoms with Crippen LogP contribution in [0.5, 0.6) is 5.88 Å². The average molecular weight is 325 g/mol. The largest absolute Gasteiger partial charge is 0.468 e. The number of nitrogens with zero attached hydrogens (tertiary/aromatic N) is 2. The predicted molar refractivity (Wildman–Crippen MR) is 92.7 cm³/mol. The van der Waals surface area contributed by atoms with Gasteiger partial charge in [0.25, 0.3) is 0 Å². The summed E-state index contributed by atoms with van der Waals surface area (Å²) in [6.07, 6.45) is 1.29. The van der Waals surface area contributed by atoms with Crippen LogP contribution < -0.4 is 10.1 Å². The zero-order valence-corrected chi connectivity index (χ0v) is 13.9. The van der Waals surface area contributed by atoms with Crippen molar-refractivity contribution in [3.8, 4) is 11.9 Å². The molecule has 1 aromatic heterocycles. The van der Waals surface area contributed by atoms with Crippen molar-refractivity contribution in [1.29, 1.82) is 5.26 Å². The summed E-state index contributed by atoms with van der Waals surface area (Å²) >= 11 is 0. The van der Waals surface area contributed by atoms with Crippen molar-refractivity contribution >= 4 is 0 Å². The van der Waals surface area contributed by atoms with Crippen molar-refractivity contribution in [1.82, 2.24) is 10.3 Å². The lowest BCUT2D eigenvalue weighted by Crippen LogP contribution is -2.22. The quantitative estimate of drug-likeness (QED) is 0.693. The van der Waals surface area contributed by atoms with Gasteiger partial charge in [0.15, 0.2) is 0 Å². The molecule has 2 aromatic rings. The van der Waals surface area contributed by atoms with Crippen LogP contribution in [-0.4, -0.2) is 29.8 Å². The van der Waals surface area contributed by atoms with Crippen molar-refractivity contribution in [2.45, 2.75) is 25.9 Å². The molecule has 0 bridgehead atoms. The molecule has 0 aliphatic carbocycles. The molecule has 0 radical (unpaired) electrons. The number of pyridine rings is 1. The topological polar surface area (TPSA) is 78.2 Å². The van der Waals surface area contributed by atoms with E-state index in [1.807, 2.05) is 37.3 Å². The molecule has 1 aromatic carbocycles. The number of hydrogen-bond acceptors (Lipinski definition) is 5. The van der Waals surface area contributed by atoms with Gasteiger partial charge < -0.3 is 15.2 Å². The van der Waals surface area contributed by atoms with Crippen LogP contribution in [0.4, 0.5) is 0 Å². The molecule has 1 atom stereocenters. The SMILES string of the molecule is Cc1ccc(C#N)c(O[C@H](CCNCCCO)c2ccccc2)n1. The van der Waals surface area contributed by atoms with Crippen molar-refractivity contribution in [3.63, 3.8) is 0 Å². The highest BCUT2D eigenvalue weighted by Crippen LogP contribution is 2.26. The molecule has 5 heteroatoms. The third kappa shape index (κ3) is 5.34. The first-order valence-electron chi connectivity index (χ1n) is 8.15. The zero-order valence-electron chi connectivity index (χ0n) is 13.9. The maximum atomic E-state index is 9.26. The molecule has 0 unspecified atom stereocenters. The molecule has 0 saturated carbocycles. The summed E-state index contributed by atoms with van der Waals surface area (Å²) in [5, 5.41) is 21.4. The number of rotatable bonds is 9. The summed E-state index contributed by atoms with van der Waals surface area (Å²) < 4.78 is 6.09. The molecule has 0 amide bonds. The monoisotopic (exact) mass is 325 g/mol. The lowest BCUT2D eigenvalue weighted by molar-refractivity contribution is 0.184. The average Bonchev–Trinajstić information content (AvgIpc) is 2.61. The second-order valence-electron chi connectivity index (χ2n) is 5.55. The minimum atomic E-state index is -0.186. The number of aromatic nitrogens is 1. The van der Waals surface area contributed by atoms with E-state index in [1.54, 1.807) is 12.1 Å². The first-order chi connectivity index (χ1) is 11.7. The maximum Gasteiger partial charge on any atom is 0.232 e. The fourth-order valence-corrected chi connectivity index (χ4v) is 2.37. The van der Waals surface area contributed by atoms with Crippen LogP contribution in [0.15, 0.2) is 42.5 Å². The Kier molecular flexibility index (Phi) is 7.21. The van der Waals surface area contributed by atoms with Gasteiger partial charge >= 0.3 is 0 Å². The molecule has 0 aliphatic heterocycles. The van der Waals surface area contributed by atoms with E-state index in [1.165, 1.54) is 0 Å². The van der Waals surface area contributed by atoms with Crippen LogP contribution in [0, 0.1) is 18.3 Å². The molecule has 24 heavy (non-hydrogen) atoms. The minimum Gasteiger partial charge on any atom is -0.468 e. The van der Waals surface area contributed by atoms with Crippen molar-refractivity contribution in [3.05, 3.63) is 59.3 Å². The highest BCUT2D eigenvalue weighted by Gasteiger charge is 2.16. The van der Waals surface area contributed by atoms with Gasteiger partial charge in [0.05, 0.1) is 0 Å². The second-order valence-corrected chi connectivity index (χ2v) is 5.55. The lowest BCUT2D eigenvalue weighted by Gasteiger charge is -2.20. The molecule has 5 nitrogen and oxygen atoms in total. The highest BCUT2D eigenvalue weighted by molar-refractivity contribution is 5.39. The number of aliphatic hydroxyl groups excluding tert-OH is 1. The molecule has 0 saturated heterocycles. The van der Waals surface area contributed by atoms with Crippen molar-refractivity contribution in [2.24, 2.45) is 0 Å². The van der Waals surface area contributed by atoms with Gasteiger partial charge in [-0.3, -0.25) is 0 Å². The minimum absolute atomic E-state index is 0.185. The van der Waals surface area contributed by atoms with Gasteiger partial charge in [0, 0.05) is 18.7 Å². The number of nitriles is 1. The predicted octanol–water partition coefficient (Wildman–Crippen LogP) is 2.74. The van der Waals surface area contributed by atoms with Crippen LogP contribution in [0.25, 0.3) is 0 Å². The Labute approximate surface area is 142 Å². The van der Waals surface area contributed by atoms with E-state index in [4.69, 9.17) is 9.84 Å². The Morgan fingerprint density at radius 3 is 2.71 bits per heavy atom. The van der Waals surface area contributed by atoms with Crippen molar-refractivity contribution < 1.29 is 9.84 Å². The number of ether oxygens (including phenoxy) is 1. The van der Waals surface area contributed by atoms with Crippen LogP contribution >= 0.6 is 0 Å². The number of benzene rings is 1. The normalized spacial score (nSPS) is 11.7. The lowest BCUT2D eigenvalue weighted by atomic mass is 10.1. The third-order valence-electron chi connectivity index (χ3n) is 3.64. The Balaban J connectivity index is 2.11.